The number of nitrogens with zero attached hydrogens (tertiary/aromatic N) is 3. The van der Waals surface area contributed by atoms with Crippen LogP contribution in [0, 0.1) is 5.92 Å². The van der Waals surface area contributed by atoms with Crippen LogP contribution >= 0.6 is 0 Å². The molecular formula is C20H21N5O3. The SMILES string of the molecule is O=C(Nc1ccc(-n2cncn2)cc1)c1ccc(NC(=O)C2CCCCC2)o1. The number of carbonyl (C=O) groups excluding carboxylic acids is 2. The number of furan rings is 1. The molecule has 1 aliphatic carbocycles. The highest BCUT2D eigenvalue weighted by atomic mass is 16.4. The summed E-state index contributed by atoms with van der Waals surface area (Å²) in [6.45, 7) is 0. The molecule has 2 amide bonds. The van der Waals surface area contributed by atoms with Crippen molar-refractivity contribution in [1.82, 2.24) is 14.8 Å². The second-order valence-electron chi connectivity index (χ2n) is 6.83. The van der Waals surface area contributed by atoms with Crippen molar-refractivity contribution >= 4 is 23.4 Å². The second-order valence-corrected chi connectivity index (χ2v) is 6.83. The van der Waals surface area contributed by atoms with Gasteiger partial charge in [0.1, 0.15) is 12.7 Å². The molecule has 0 unspecified atom stereocenters. The summed E-state index contributed by atoms with van der Waals surface area (Å²) in [6.07, 6.45) is 8.22. The molecule has 0 radical (unpaired) electrons. The highest BCUT2D eigenvalue weighted by Gasteiger charge is 2.22. The van der Waals surface area contributed by atoms with Crippen molar-refractivity contribution < 1.29 is 14.0 Å². The molecular weight excluding hydrogens is 358 g/mol. The van der Waals surface area contributed by atoms with E-state index in [1.54, 1.807) is 35.3 Å². The average Bonchev–Trinajstić information content (AvgIpc) is 3.41. The topological polar surface area (TPSA) is 102 Å². The van der Waals surface area contributed by atoms with E-state index < -0.39 is 0 Å². The Morgan fingerprint density at radius 3 is 2.50 bits per heavy atom. The Labute approximate surface area is 162 Å². The van der Waals surface area contributed by atoms with Gasteiger partial charge >= 0.3 is 0 Å². The van der Waals surface area contributed by atoms with Crippen molar-refractivity contribution in [2.45, 2.75) is 32.1 Å². The summed E-state index contributed by atoms with van der Waals surface area (Å²) >= 11 is 0. The van der Waals surface area contributed by atoms with E-state index in [1.807, 2.05) is 12.1 Å². The minimum atomic E-state index is -0.383. The van der Waals surface area contributed by atoms with E-state index in [2.05, 4.69) is 20.7 Å². The lowest BCUT2D eigenvalue weighted by molar-refractivity contribution is -0.120. The molecule has 1 saturated carbocycles. The predicted molar refractivity (Wildman–Crippen MR) is 103 cm³/mol. The third-order valence-electron chi connectivity index (χ3n) is 4.86. The first-order valence-corrected chi connectivity index (χ1v) is 9.36. The molecule has 144 valence electrons. The molecule has 4 rings (SSSR count). The highest BCUT2D eigenvalue weighted by Crippen LogP contribution is 2.25. The van der Waals surface area contributed by atoms with Crippen LogP contribution in [0.2, 0.25) is 0 Å². The number of benzene rings is 1. The van der Waals surface area contributed by atoms with E-state index in [9.17, 15) is 9.59 Å². The molecule has 2 N–H and O–H groups in total. The van der Waals surface area contributed by atoms with Gasteiger partial charge in [0.05, 0.1) is 5.69 Å². The zero-order chi connectivity index (χ0) is 19.3. The van der Waals surface area contributed by atoms with Gasteiger partial charge in [-0.15, -0.1) is 0 Å². The smallest absolute Gasteiger partial charge is 0.291 e. The lowest BCUT2D eigenvalue weighted by Crippen LogP contribution is -2.24. The lowest BCUT2D eigenvalue weighted by atomic mass is 9.89. The number of hydrogen-bond acceptors (Lipinski definition) is 5. The van der Waals surface area contributed by atoms with E-state index >= 15 is 0 Å². The van der Waals surface area contributed by atoms with Gasteiger partial charge in [-0.2, -0.15) is 5.10 Å². The molecule has 8 nitrogen and oxygen atoms in total. The van der Waals surface area contributed by atoms with E-state index in [4.69, 9.17) is 4.42 Å². The first-order chi connectivity index (χ1) is 13.7. The summed E-state index contributed by atoms with van der Waals surface area (Å²) < 4.78 is 7.12. The molecule has 1 aliphatic rings. The quantitative estimate of drug-likeness (QED) is 0.705. The van der Waals surface area contributed by atoms with Gasteiger partial charge in [0.15, 0.2) is 11.6 Å². The van der Waals surface area contributed by atoms with Crippen LogP contribution in [-0.2, 0) is 4.79 Å². The van der Waals surface area contributed by atoms with Crippen molar-refractivity contribution in [3.8, 4) is 5.69 Å². The van der Waals surface area contributed by atoms with Crippen LogP contribution in [0.4, 0.5) is 11.6 Å². The number of nitrogens with one attached hydrogen (secondary N) is 2. The van der Waals surface area contributed by atoms with Crippen LogP contribution in [0.15, 0.2) is 53.5 Å². The van der Waals surface area contributed by atoms with Crippen LogP contribution in [-0.4, -0.2) is 26.6 Å². The lowest BCUT2D eigenvalue weighted by Gasteiger charge is -2.19. The maximum atomic E-state index is 12.4. The Bertz CT molecular complexity index is 941. The van der Waals surface area contributed by atoms with Gasteiger partial charge < -0.3 is 9.73 Å². The maximum absolute atomic E-state index is 12.4. The zero-order valence-electron chi connectivity index (χ0n) is 15.3. The summed E-state index contributed by atoms with van der Waals surface area (Å²) in [5, 5.41) is 9.60. The van der Waals surface area contributed by atoms with Gasteiger partial charge in [-0.05, 0) is 43.2 Å². The number of carbonyl (C=O) groups is 2. The molecule has 2 aromatic heterocycles. The van der Waals surface area contributed by atoms with Gasteiger partial charge in [-0.3, -0.25) is 14.9 Å². The first kappa shape index (κ1) is 18.0. The van der Waals surface area contributed by atoms with Gasteiger partial charge in [0.25, 0.3) is 5.91 Å². The van der Waals surface area contributed by atoms with Crippen molar-refractivity contribution in [3.63, 3.8) is 0 Å². The van der Waals surface area contributed by atoms with Crippen molar-refractivity contribution in [1.29, 1.82) is 0 Å². The van der Waals surface area contributed by atoms with Gasteiger partial charge in [0.2, 0.25) is 5.91 Å². The number of hydrogen-bond donors (Lipinski definition) is 2. The molecule has 1 fully saturated rings. The van der Waals surface area contributed by atoms with E-state index in [-0.39, 0.29) is 23.5 Å². The highest BCUT2D eigenvalue weighted by molar-refractivity contribution is 6.02. The Hall–Kier alpha value is -3.42. The number of aromatic nitrogens is 3. The monoisotopic (exact) mass is 379 g/mol. The van der Waals surface area contributed by atoms with Crippen LogP contribution in [0.1, 0.15) is 42.7 Å². The predicted octanol–water partition coefficient (Wildman–Crippen LogP) is 3.63. The molecule has 0 bridgehead atoms. The van der Waals surface area contributed by atoms with E-state index in [0.29, 0.717) is 11.6 Å². The third kappa shape index (κ3) is 4.11. The fourth-order valence-corrected chi connectivity index (χ4v) is 3.35. The van der Waals surface area contributed by atoms with Crippen LogP contribution < -0.4 is 10.6 Å². The summed E-state index contributed by atoms with van der Waals surface area (Å²) in [4.78, 5) is 28.6. The molecule has 0 atom stereocenters. The number of rotatable bonds is 5. The fraction of sp³-hybridized carbons (Fsp3) is 0.300. The van der Waals surface area contributed by atoms with Crippen LogP contribution in [0.25, 0.3) is 5.69 Å². The maximum Gasteiger partial charge on any atom is 0.291 e. The summed E-state index contributed by atoms with van der Waals surface area (Å²) in [5.41, 5.74) is 1.46. The zero-order valence-corrected chi connectivity index (χ0v) is 15.3. The molecule has 3 aromatic rings. The van der Waals surface area contributed by atoms with Crippen LogP contribution in [0.5, 0.6) is 0 Å². The van der Waals surface area contributed by atoms with Crippen molar-refractivity contribution in [2.24, 2.45) is 5.92 Å². The minimum Gasteiger partial charge on any atom is -0.435 e. The molecule has 1 aromatic carbocycles. The minimum absolute atomic E-state index is 0.0274. The van der Waals surface area contributed by atoms with Crippen molar-refractivity contribution in [3.05, 3.63) is 54.8 Å². The second kappa shape index (κ2) is 8.08. The van der Waals surface area contributed by atoms with E-state index in [0.717, 1.165) is 31.4 Å². The first-order valence-electron chi connectivity index (χ1n) is 9.36. The molecule has 28 heavy (non-hydrogen) atoms. The van der Waals surface area contributed by atoms with Gasteiger partial charge in [0, 0.05) is 17.7 Å². The summed E-state index contributed by atoms with van der Waals surface area (Å²) in [5.74, 6) is 0.0394. The Kier molecular flexibility index (Phi) is 5.18. The Balaban J connectivity index is 1.35. The number of amides is 2. The van der Waals surface area contributed by atoms with E-state index in [1.165, 1.54) is 12.7 Å². The standard InChI is InChI=1S/C20H21N5O3/c26-19(14-4-2-1-3-5-14)24-18-11-10-17(28-18)20(27)23-15-6-8-16(9-7-15)25-13-21-12-22-25/h6-14H,1-5H2,(H,23,27)(H,24,26). The molecule has 0 saturated heterocycles. The fourth-order valence-electron chi connectivity index (χ4n) is 3.35. The Morgan fingerprint density at radius 2 is 1.79 bits per heavy atom. The average molecular weight is 379 g/mol. The summed E-state index contributed by atoms with van der Waals surface area (Å²) in [6, 6.07) is 10.3. The molecule has 0 aliphatic heterocycles. The summed E-state index contributed by atoms with van der Waals surface area (Å²) in [7, 11) is 0. The third-order valence-corrected chi connectivity index (χ3v) is 4.86. The van der Waals surface area contributed by atoms with Crippen LogP contribution in [0.3, 0.4) is 0 Å². The van der Waals surface area contributed by atoms with Gasteiger partial charge in [-0.25, -0.2) is 9.67 Å². The van der Waals surface area contributed by atoms with Gasteiger partial charge in [-0.1, -0.05) is 19.3 Å². The molecule has 2 heterocycles. The molecule has 8 heteroatoms. The normalized spacial score (nSPS) is 14.6. The largest absolute Gasteiger partial charge is 0.435 e. The Morgan fingerprint density at radius 1 is 1.00 bits per heavy atom. The number of anilines is 2. The molecule has 0 spiro atoms. The van der Waals surface area contributed by atoms with Crippen molar-refractivity contribution in [2.75, 3.05) is 10.6 Å².